The first-order valence-electron chi connectivity index (χ1n) is 7.10. The smallest absolute Gasteiger partial charge is 0.219 e. The predicted molar refractivity (Wildman–Crippen MR) is 85.9 cm³/mol. The van der Waals surface area contributed by atoms with Crippen molar-refractivity contribution < 1.29 is 4.79 Å². The lowest BCUT2D eigenvalue weighted by atomic mass is 10.1. The van der Waals surface area contributed by atoms with Crippen molar-refractivity contribution in [3.05, 3.63) is 60.2 Å². The SMILES string of the molecule is Cc1c(-c2ccccc2)n(CCC(N)=O)c2ccccc12. The van der Waals surface area contributed by atoms with Gasteiger partial charge in [0.15, 0.2) is 0 Å². The van der Waals surface area contributed by atoms with Gasteiger partial charge in [0.25, 0.3) is 0 Å². The molecule has 3 heteroatoms. The zero-order valence-electron chi connectivity index (χ0n) is 12.0. The number of aryl methyl sites for hydroxylation is 2. The van der Waals surface area contributed by atoms with Crippen molar-refractivity contribution in [2.24, 2.45) is 5.73 Å². The van der Waals surface area contributed by atoms with Crippen molar-refractivity contribution in [1.29, 1.82) is 0 Å². The molecule has 3 aromatic rings. The van der Waals surface area contributed by atoms with Gasteiger partial charge >= 0.3 is 0 Å². The lowest BCUT2D eigenvalue weighted by Gasteiger charge is -2.11. The van der Waals surface area contributed by atoms with E-state index in [-0.39, 0.29) is 5.91 Å². The van der Waals surface area contributed by atoms with E-state index < -0.39 is 0 Å². The van der Waals surface area contributed by atoms with Gasteiger partial charge in [0.2, 0.25) is 5.91 Å². The van der Waals surface area contributed by atoms with Gasteiger partial charge in [-0.15, -0.1) is 0 Å². The molecule has 0 radical (unpaired) electrons. The molecule has 0 aliphatic rings. The highest BCUT2D eigenvalue weighted by atomic mass is 16.1. The lowest BCUT2D eigenvalue weighted by Crippen LogP contribution is -2.14. The monoisotopic (exact) mass is 278 g/mol. The van der Waals surface area contributed by atoms with Gasteiger partial charge in [-0.3, -0.25) is 4.79 Å². The molecule has 0 bridgehead atoms. The van der Waals surface area contributed by atoms with Crippen LogP contribution in [0.2, 0.25) is 0 Å². The van der Waals surface area contributed by atoms with E-state index in [4.69, 9.17) is 5.73 Å². The second-order valence-electron chi connectivity index (χ2n) is 5.22. The van der Waals surface area contributed by atoms with Gasteiger partial charge in [0, 0.05) is 23.9 Å². The van der Waals surface area contributed by atoms with Crippen molar-refractivity contribution >= 4 is 16.8 Å². The molecule has 0 saturated heterocycles. The third-order valence-corrected chi connectivity index (χ3v) is 3.85. The van der Waals surface area contributed by atoms with E-state index in [9.17, 15) is 4.79 Å². The number of carbonyl (C=O) groups excluding carboxylic acids is 1. The van der Waals surface area contributed by atoms with Crippen molar-refractivity contribution in [1.82, 2.24) is 4.57 Å². The zero-order chi connectivity index (χ0) is 14.8. The highest BCUT2D eigenvalue weighted by Gasteiger charge is 2.15. The molecule has 0 atom stereocenters. The highest BCUT2D eigenvalue weighted by Crippen LogP contribution is 2.33. The van der Waals surface area contributed by atoms with Gasteiger partial charge in [-0.1, -0.05) is 48.5 Å². The van der Waals surface area contributed by atoms with Gasteiger partial charge in [0.1, 0.15) is 0 Å². The number of benzene rings is 2. The first-order valence-corrected chi connectivity index (χ1v) is 7.10. The van der Waals surface area contributed by atoms with Crippen molar-refractivity contribution in [3.8, 4) is 11.3 Å². The number of para-hydroxylation sites is 1. The summed E-state index contributed by atoms with van der Waals surface area (Å²) in [5.74, 6) is -0.274. The van der Waals surface area contributed by atoms with Gasteiger partial charge in [-0.05, 0) is 24.1 Å². The Balaban J connectivity index is 2.23. The molecule has 0 spiro atoms. The molecular weight excluding hydrogens is 260 g/mol. The normalized spacial score (nSPS) is 10.9. The molecule has 1 heterocycles. The molecule has 2 N–H and O–H groups in total. The van der Waals surface area contributed by atoms with Crippen molar-refractivity contribution in [2.75, 3.05) is 0 Å². The Morgan fingerprint density at radius 3 is 2.43 bits per heavy atom. The molecule has 106 valence electrons. The Morgan fingerprint density at radius 2 is 1.71 bits per heavy atom. The van der Waals surface area contributed by atoms with E-state index in [0.29, 0.717) is 13.0 Å². The fourth-order valence-corrected chi connectivity index (χ4v) is 2.90. The molecule has 0 aliphatic carbocycles. The maximum Gasteiger partial charge on any atom is 0.219 e. The Hall–Kier alpha value is -2.55. The average molecular weight is 278 g/mol. The molecule has 0 unspecified atom stereocenters. The van der Waals surface area contributed by atoms with Crippen LogP contribution < -0.4 is 5.73 Å². The molecule has 1 amide bonds. The molecule has 21 heavy (non-hydrogen) atoms. The van der Waals surface area contributed by atoms with E-state index in [1.807, 2.05) is 30.3 Å². The Labute approximate surface area is 124 Å². The standard InChI is InChI=1S/C18H18N2O/c1-13-15-9-5-6-10-16(15)20(12-11-17(19)21)18(13)14-7-3-2-4-8-14/h2-10H,11-12H2,1H3,(H2,19,21). The maximum atomic E-state index is 11.2. The third-order valence-electron chi connectivity index (χ3n) is 3.85. The van der Waals surface area contributed by atoms with Crippen LogP contribution in [0.3, 0.4) is 0 Å². The summed E-state index contributed by atoms with van der Waals surface area (Å²) >= 11 is 0. The number of hydrogen-bond acceptors (Lipinski definition) is 1. The third kappa shape index (κ3) is 2.42. The second-order valence-corrected chi connectivity index (χ2v) is 5.22. The van der Waals surface area contributed by atoms with Gasteiger partial charge in [-0.2, -0.15) is 0 Å². The van der Waals surface area contributed by atoms with Gasteiger partial charge < -0.3 is 10.3 Å². The fourth-order valence-electron chi connectivity index (χ4n) is 2.90. The summed E-state index contributed by atoms with van der Waals surface area (Å²) in [5, 5.41) is 1.22. The molecule has 2 aromatic carbocycles. The van der Waals surface area contributed by atoms with Crippen LogP contribution in [0.25, 0.3) is 22.2 Å². The van der Waals surface area contributed by atoms with Crippen LogP contribution in [-0.4, -0.2) is 10.5 Å². The van der Waals surface area contributed by atoms with Crippen molar-refractivity contribution in [3.63, 3.8) is 0 Å². The molecule has 1 aromatic heterocycles. The van der Waals surface area contributed by atoms with E-state index in [1.165, 1.54) is 10.9 Å². The van der Waals surface area contributed by atoms with E-state index in [0.717, 1.165) is 16.8 Å². The zero-order valence-corrected chi connectivity index (χ0v) is 12.0. The predicted octanol–water partition coefficient (Wildman–Crippen LogP) is 3.49. The summed E-state index contributed by atoms with van der Waals surface area (Å²) in [4.78, 5) is 11.2. The lowest BCUT2D eigenvalue weighted by molar-refractivity contribution is -0.118. The van der Waals surface area contributed by atoms with Crippen LogP contribution in [0.1, 0.15) is 12.0 Å². The van der Waals surface area contributed by atoms with Gasteiger partial charge in [0.05, 0.1) is 5.69 Å². The largest absolute Gasteiger partial charge is 0.370 e. The summed E-state index contributed by atoms with van der Waals surface area (Å²) in [6.45, 7) is 2.74. The molecule has 0 aliphatic heterocycles. The number of carbonyl (C=O) groups is 1. The molecule has 3 nitrogen and oxygen atoms in total. The fraction of sp³-hybridized carbons (Fsp3) is 0.167. The van der Waals surface area contributed by atoms with E-state index >= 15 is 0 Å². The minimum absolute atomic E-state index is 0.274. The second kappa shape index (κ2) is 5.44. The molecule has 0 saturated carbocycles. The maximum absolute atomic E-state index is 11.2. The number of primary amides is 1. The van der Waals surface area contributed by atoms with Crippen LogP contribution in [-0.2, 0) is 11.3 Å². The number of aromatic nitrogens is 1. The van der Waals surface area contributed by atoms with E-state index in [1.54, 1.807) is 0 Å². The molecule has 0 fully saturated rings. The Morgan fingerprint density at radius 1 is 1.05 bits per heavy atom. The topological polar surface area (TPSA) is 48.0 Å². The quantitative estimate of drug-likeness (QED) is 0.780. The van der Waals surface area contributed by atoms with Crippen LogP contribution in [0, 0.1) is 6.92 Å². The summed E-state index contributed by atoms with van der Waals surface area (Å²) < 4.78 is 2.20. The van der Waals surface area contributed by atoms with Crippen LogP contribution >= 0.6 is 0 Å². The van der Waals surface area contributed by atoms with Crippen LogP contribution in [0.15, 0.2) is 54.6 Å². The molecular formula is C18H18N2O. The van der Waals surface area contributed by atoms with Crippen LogP contribution in [0.4, 0.5) is 0 Å². The minimum Gasteiger partial charge on any atom is -0.370 e. The van der Waals surface area contributed by atoms with Gasteiger partial charge in [-0.25, -0.2) is 0 Å². The van der Waals surface area contributed by atoms with E-state index in [2.05, 4.69) is 35.8 Å². The first kappa shape index (κ1) is 13.4. The first-order chi connectivity index (χ1) is 10.2. The number of amides is 1. The average Bonchev–Trinajstić information content (AvgIpc) is 2.79. The Kier molecular flexibility index (Phi) is 3.48. The van der Waals surface area contributed by atoms with Crippen molar-refractivity contribution in [2.45, 2.75) is 19.9 Å². The number of hydrogen-bond donors (Lipinski definition) is 1. The van der Waals surface area contributed by atoms with Crippen LogP contribution in [0.5, 0.6) is 0 Å². The minimum atomic E-state index is -0.274. The summed E-state index contributed by atoms with van der Waals surface area (Å²) in [5.41, 5.74) is 10.0. The number of rotatable bonds is 4. The number of nitrogens with two attached hydrogens (primary N) is 1. The molecule has 3 rings (SSSR count). The number of fused-ring (bicyclic) bond motifs is 1. The summed E-state index contributed by atoms with van der Waals surface area (Å²) in [6.07, 6.45) is 0.345. The summed E-state index contributed by atoms with van der Waals surface area (Å²) in [7, 11) is 0. The highest BCUT2D eigenvalue weighted by molar-refractivity contribution is 5.91. The number of nitrogens with zero attached hydrogens (tertiary/aromatic N) is 1. The summed E-state index contributed by atoms with van der Waals surface area (Å²) in [6, 6.07) is 18.6. The Bertz CT molecular complexity index is 788.